The molecule has 1 aromatic heterocycles. The molecule has 0 saturated carbocycles. The molecule has 320 valence electrons. The molecule has 0 aliphatic carbocycles. The molecular formula is C65H45N3. The van der Waals surface area contributed by atoms with Crippen LogP contribution in [0.4, 0.5) is 17.1 Å². The monoisotopic (exact) mass is 867 g/mol. The number of aromatic nitrogens is 2. The third kappa shape index (κ3) is 7.43. The molecule has 0 fully saturated rings. The molecule has 3 heteroatoms. The van der Waals surface area contributed by atoms with Gasteiger partial charge in [-0.25, -0.2) is 4.68 Å². The van der Waals surface area contributed by atoms with Crippen molar-refractivity contribution in [2.24, 2.45) is 0 Å². The van der Waals surface area contributed by atoms with Crippen LogP contribution in [0, 0.1) is 0 Å². The van der Waals surface area contributed by atoms with Crippen molar-refractivity contribution in [1.29, 1.82) is 0 Å². The van der Waals surface area contributed by atoms with Gasteiger partial charge in [-0.3, -0.25) is 0 Å². The number of nitrogens with zero attached hydrogens (tertiary/aromatic N) is 3. The third-order valence-corrected chi connectivity index (χ3v) is 13.1. The molecular weight excluding hydrogens is 823 g/mol. The van der Waals surface area contributed by atoms with Crippen molar-refractivity contribution >= 4 is 38.6 Å². The fourth-order valence-corrected chi connectivity index (χ4v) is 9.87. The van der Waals surface area contributed by atoms with E-state index in [2.05, 4.69) is 283 Å². The van der Waals surface area contributed by atoms with Gasteiger partial charge in [0.15, 0.2) is 0 Å². The van der Waals surface area contributed by atoms with Crippen LogP contribution in [0.25, 0.3) is 94.3 Å². The van der Waals surface area contributed by atoms with Crippen LogP contribution in [0.1, 0.15) is 0 Å². The van der Waals surface area contributed by atoms with Crippen LogP contribution < -0.4 is 4.90 Å². The molecule has 0 N–H and O–H groups in total. The summed E-state index contributed by atoms with van der Waals surface area (Å²) >= 11 is 0. The van der Waals surface area contributed by atoms with Gasteiger partial charge in [-0.1, -0.05) is 237 Å². The highest BCUT2D eigenvalue weighted by molar-refractivity contribution is 6.05. The molecule has 0 spiro atoms. The van der Waals surface area contributed by atoms with Crippen molar-refractivity contribution in [1.82, 2.24) is 9.78 Å². The maximum atomic E-state index is 5.41. The molecule has 3 nitrogen and oxygen atoms in total. The molecule has 12 aromatic rings. The Bertz CT molecular complexity index is 3620. The SMILES string of the molecule is c1ccc(-c2nn(-c3ccc(-c4ccccc4-c4ccccc4-c4ccc(N(c5cccc6ccccc56)c5cccc6ccccc56)cc4)cc3)c(-c3ccccc3)c2-c2ccccc2)cc1. The lowest BCUT2D eigenvalue weighted by molar-refractivity contribution is 0.892. The standard InChI is InChI=1S/C65H45N3/c1-4-22-50(23-5-1)63-64(51-24-6-2-7-25-51)66-68(65(63)52-26-8-3-9-27-52)54-44-40-49(41-45-54)56-31-15-17-35-60(56)59-34-16-14-30-55(59)48-38-42-53(43-39-48)67(61-36-18-28-46-20-10-12-32-57(46)61)62-37-19-29-47-21-11-13-33-58(47)62/h1-45H. The number of anilines is 3. The summed E-state index contributed by atoms with van der Waals surface area (Å²) in [5.74, 6) is 0. The van der Waals surface area contributed by atoms with Crippen LogP contribution in [0.2, 0.25) is 0 Å². The van der Waals surface area contributed by atoms with E-state index in [-0.39, 0.29) is 0 Å². The summed E-state index contributed by atoms with van der Waals surface area (Å²) in [4.78, 5) is 2.41. The molecule has 0 unspecified atom stereocenters. The average molecular weight is 868 g/mol. The smallest absolute Gasteiger partial charge is 0.101 e. The van der Waals surface area contributed by atoms with Gasteiger partial charge in [0.25, 0.3) is 0 Å². The summed E-state index contributed by atoms with van der Waals surface area (Å²) in [7, 11) is 0. The Kier molecular flexibility index (Phi) is 10.6. The second-order valence-electron chi connectivity index (χ2n) is 17.1. The lowest BCUT2D eigenvalue weighted by Crippen LogP contribution is -2.11. The number of benzene rings is 11. The van der Waals surface area contributed by atoms with Gasteiger partial charge in [0.05, 0.1) is 22.8 Å². The van der Waals surface area contributed by atoms with Crippen LogP contribution in [-0.2, 0) is 0 Å². The Morgan fingerprint density at radius 1 is 0.294 bits per heavy atom. The average Bonchev–Trinajstić information content (AvgIpc) is 3.83. The van der Waals surface area contributed by atoms with E-state index < -0.39 is 0 Å². The molecule has 0 bridgehead atoms. The minimum Gasteiger partial charge on any atom is -0.309 e. The molecule has 0 saturated heterocycles. The van der Waals surface area contributed by atoms with Crippen LogP contribution in [0.15, 0.2) is 273 Å². The van der Waals surface area contributed by atoms with Gasteiger partial charge in [-0.2, -0.15) is 5.10 Å². The van der Waals surface area contributed by atoms with Gasteiger partial charge in [0.1, 0.15) is 5.69 Å². The van der Waals surface area contributed by atoms with Crippen molar-refractivity contribution in [3.05, 3.63) is 273 Å². The molecule has 12 rings (SSSR count). The Morgan fingerprint density at radius 3 is 1.24 bits per heavy atom. The van der Waals surface area contributed by atoms with E-state index in [9.17, 15) is 0 Å². The first kappa shape index (κ1) is 40.5. The zero-order valence-electron chi connectivity index (χ0n) is 37.3. The number of hydrogen-bond acceptors (Lipinski definition) is 2. The summed E-state index contributed by atoms with van der Waals surface area (Å²) < 4.78 is 2.12. The zero-order chi connectivity index (χ0) is 45.2. The van der Waals surface area contributed by atoms with Gasteiger partial charge in [-0.05, 0) is 86.1 Å². The van der Waals surface area contributed by atoms with Crippen molar-refractivity contribution in [2.45, 2.75) is 0 Å². The van der Waals surface area contributed by atoms with E-state index in [1.54, 1.807) is 0 Å². The zero-order valence-corrected chi connectivity index (χ0v) is 37.3. The molecule has 11 aromatic carbocycles. The van der Waals surface area contributed by atoms with Crippen molar-refractivity contribution in [3.63, 3.8) is 0 Å². The van der Waals surface area contributed by atoms with Gasteiger partial charge < -0.3 is 4.90 Å². The minimum atomic E-state index is 0.949. The van der Waals surface area contributed by atoms with Gasteiger partial charge in [0.2, 0.25) is 0 Å². The van der Waals surface area contributed by atoms with Crippen LogP contribution in [0.3, 0.4) is 0 Å². The van der Waals surface area contributed by atoms with Crippen LogP contribution in [0.5, 0.6) is 0 Å². The minimum absolute atomic E-state index is 0.949. The number of rotatable bonds is 10. The van der Waals surface area contributed by atoms with Gasteiger partial charge in [-0.15, -0.1) is 0 Å². The molecule has 0 aliphatic heterocycles. The molecule has 0 aliphatic rings. The highest BCUT2D eigenvalue weighted by Crippen LogP contribution is 2.45. The molecule has 0 radical (unpaired) electrons. The van der Waals surface area contributed by atoms with Crippen molar-refractivity contribution < 1.29 is 0 Å². The summed E-state index contributed by atoms with van der Waals surface area (Å²) in [5, 5.41) is 10.2. The Morgan fingerprint density at radius 2 is 0.706 bits per heavy atom. The van der Waals surface area contributed by atoms with E-state index in [1.807, 2.05) is 0 Å². The third-order valence-electron chi connectivity index (χ3n) is 13.1. The number of fused-ring (bicyclic) bond motifs is 2. The Labute approximate surface area is 397 Å². The topological polar surface area (TPSA) is 21.1 Å². The van der Waals surface area contributed by atoms with E-state index >= 15 is 0 Å². The largest absolute Gasteiger partial charge is 0.309 e. The van der Waals surface area contributed by atoms with Crippen LogP contribution >= 0.6 is 0 Å². The second-order valence-corrected chi connectivity index (χ2v) is 17.1. The molecule has 0 atom stereocenters. The van der Waals surface area contributed by atoms with Gasteiger partial charge in [0, 0.05) is 33.2 Å². The fourth-order valence-electron chi connectivity index (χ4n) is 9.87. The van der Waals surface area contributed by atoms with Crippen LogP contribution in [-0.4, -0.2) is 9.78 Å². The first-order chi connectivity index (χ1) is 33.8. The van der Waals surface area contributed by atoms with Crippen molar-refractivity contribution in [3.8, 4) is 72.7 Å². The Hall–Kier alpha value is -9.05. The lowest BCUT2D eigenvalue weighted by Gasteiger charge is -2.28. The molecule has 1 heterocycles. The fraction of sp³-hybridized carbons (Fsp3) is 0. The van der Waals surface area contributed by atoms with E-state index in [4.69, 9.17) is 5.10 Å². The van der Waals surface area contributed by atoms with Gasteiger partial charge >= 0.3 is 0 Å². The summed E-state index contributed by atoms with van der Waals surface area (Å²) in [6, 6.07) is 97.8. The normalized spacial score (nSPS) is 11.2. The summed E-state index contributed by atoms with van der Waals surface area (Å²) in [6.45, 7) is 0. The summed E-state index contributed by atoms with van der Waals surface area (Å²) in [5.41, 5.74) is 17.8. The highest BCUT2D eigenvalue weighted by Gasteiger charge is 2.24. The molecule has 0 amide bonds. The number of hydrogen-bond donors (Lipinski definition) is 0. The maximum Gasteiger partial charge on any atom is 0.101 e. The van der Waals surface area contributed by atoms with E-state index in [0.29, 0.717) is 0 Å². The van der Waals surface area contributed by atoms with E-state index in [1.165, 1.54) is 43.8 Å². The quantitative estimate of drug-likeness (QED) is 0.137. The lowest BCUT2D eigenvalue weighted by atomic mass is 9.89. The van der Waals surface area contributed by atoms with Crippen molar-refractivity contribution in [2.75, 3.05) is 4.90 Å². The Balaban J connectivity index is 0.935. The predicted octanol–water partition coefficient (Wildman–Crippen LogP) is 17.7. The predicted molar refractivity (Wildman–Crippen MR) is 286 cm³/mol. The maximum absolute atomic E-state index is 5.41. The second kappa shape index (κ2) is 17.7. The molecule has 68 heavy (non-hydrogen) atoms. The first-order valence-electron chi connectivity index (χ1n) is 23.2. The highest BCUT2D eigenvalue weighted by atomic mass is 15.3. The summed E-state index contributed by atoms with van der Waals surface area (Å²) in [6.07, 6.45) is 0. The first-order valence-corrected chi connectivity index (χ1v) is 23.2. The van der Waals surface area contributed by atoms with E-state index in [0.717, 1.165) is 67.5 Å².